The van der Waals surface area contributed by atoms with Gasteiger partial charge in [-0.05, 0) is 24.5 Å². The molecule has 1 fully saturated rings. The SMILES string of the molecule is C=C1[C@H](CO)[C@@]1(CCCCCC)c1ccccc1C. The molecule has 2 rings (SSSR count). The Morgan fingerprint density at radius 2 is 1.95 bits per heavy atom. The van der Waals surface area contributed by atoms with E-state index in [1.165, 1.54) is 42.4 Å². The van der Waals surface area contributed by atoms with Crippen LogP contribution in [0.25, 0.3) is 0 Å². The zero-order valence-corrected chi connectivity index (χ0v) is 12.3. The van der Waals surface area contributed by atoms with Crippen molar-refractivity contribution in [3.63, 3.8) is 0 Å². The van der Waals surface area contributed by atoms with Crippen LogP contribution in [-0.4, -0.2) is 11.7 Å². The number of aliphatic hydroxyl groups is 1. The summed E-state index contributed by atoms with van der Waals surface area (Å²) < 4.78 is 0. The maximum atomic E-state index is 9.61. The van der Waals surface area contributed by atoms with E-state index in [4.69, 9.17) is 0 Å². The van der Waals surface area contributed by atoms with E-state index in [0.29, 0.717) is 0 Å². The van der Waals surface area contributed by atoms with E-state index < -0.39 is 0 Å². The number of hydrogen-bond acceptors (Lipinski definition) is 1. The summed E-state index contributed by atoms with van der Waals surface area (Å²) in [5.74, 6) is 0.273. The Hall–Kier alpha value is -1.08. The van der Waals surface area contributed by atoms with E-state index in [9.17, 15) is 5.11 Å². The average molecular weight is 258 g/mol. The lowest BCUT2D eigenvalue weighted by Crippen LogP contribution is -2.14. The molecule has 0 unspecified atom stereocenters. The van der Waals surface area contributed by atoms with Gasteiger partial charge in [0.2, 0.25) is 0 Å². The Bertz CT molecular complexity index is 449. The van der Waals surface area contributed by atoms with Crippen molar-refractivity contribution in [1.82, 2.24) is 0 Å². The van der Waals surface area contributed by atoms with Crippen LogP contribution < -0.4 is 0 Å². The summed E-state index contributed by atoms with van der Waals surface area (Å²) in [5, 5.41) is 9.61. The van der Waals surface area contributed by atoms with E-state index in [-0.39, 0.29) is 17.9 Å². The first-order valence-electron chi connectivity index (χ1n) is 7.54. The average Bonchev–Trinajstić information content (AvgIpc) is 3.00. The molecule has 0 aliphatic heterocycles. The fourth-order valence-electron chi connectivity index (χ4n) is 3.52. The predicted octanol–water partition coefficient (Wildman–Crippen LogP) is 4.38. The quantitative estimate of drug-likeness (QED) is 0.568. The molecule has 1 aliphatic carbocycles. The molecule has 2 atom stereocenters. The van der Waals surface area contributed by atoms with Gasteiger partial charge in [0.15, 0.2) is 0 Å². The molecule has 1 aromatic carbocycles. The Kier molecular flexibility index (Phi) is 4.46. The van der Waals surface area contributed by atoms with Crippen molar-refractivity contribution in [2.75, 3.05) is 6.61 Å². The molecule has 1 heteroatoms. The van der Waals surface area contributed by atoms with Crippen molar-refractivity contribution >= 4 is 0 Å². The highest BCUT2D eigenvalue weighted by Crippen LogP contribution is 2.62. The molecule has 0 amide bonds. The van der Waals surface area contributed by atoms with Crippen molar-refractivity contribution in [1.29, 1.82) is 0 Å². The van der Waals surface area contributed by atoms with Gasteiger partial charge in [-0.1, -0.05) is 69.0 Å². The van der Waals surface area contributed by atoms with Crippen molar-refractivity contribution < 1.29 is 5.11 Å². The molecule has 0 radical (unpaired) electrons. The van der Waals surface area contributed by atoms with Gasteiger partial charge in [-0.15, -0.1) is 0 Å². The Labute approximate surface area is 117 Å². The second-order valence-electron chi connectivity index (χ2n) is 5.86. The molecule has 1 saturated carbocycles. The summed E-state index contributed by atoms with van der Waals surface area (Å²) >= 11 is 0. The number of rotatable bonds is 7. The van der Waals surface area contributed by atoms with Crippen LogP contribution in [0.2, 0.25) is 0 Å². The molecular formula is C18H26O. The van der Waals surface area contributed by atoms with Crippen LogP contribution in [0.1, 0.15) is 50.2 Å². The summed E-state index contributed by atoms with van der Waals surface area (Å²) in [5.41, 5.74) is 4.01. The first-order chi connectivity index (χ1) is 9.18. The molecular weight excluding hydrogens is 232 g/mol. The van der Waals surface area contributed by atoms with E-state index in [2.05, 4.69) is 44.7 Å². The van der Waals surface area contributed by atoms with Crippen LogP contribution in [0.3, 0.4) is 0 Å². The number of benzene rings is 1. The summed E-state index contributed by atoms with van der Waals surface area (Å²) in [6.07, 6.45) is 6.23. The standard InChI is InChI=1S/C18H26O/c1-4-5-6-9-12-18(15(3)17(18)13-19)16-11-8-7-10-14(16)2/h7-8,10-11,17,19H,3-6,9,12-13H2,1-2H3/t17-,18+/m0/s1. The van der Waals surface area contributed by atoms with Crippen molar-refractivity contribution in [3.8, 4) is 0 Å². The third kappa shape index (κ3) is 2.49. The van der Waals surface area contributed by atoms with E-state index in [1.807, 2.05) is 0 Å². The molecule has 1 aromatic rings. The second-order valence-corrected chi connectivity index (χ2v) is 5.86. The first kappa shape index (κ1) is 14.3. The molecule has 1 aliphatic rings. The highest BCUT2D eigenvalue weighted by Gasteiger charge is 2.58. The van der Waals surface area contributed by atoms with Crippen molar-refractivity contribution in [3.05, 3.63) is 47.5 Å². The highest BCUT2D eigenvalue weighted by molar-refractivity contribution is 5.54. The van der Waals surface area contributed by atoms with Crippen LogP contribution in [0, 0.1) is 12.8 Å². The van der Waals surface area contributed by atoms with Gasteiger partial charge in [0, 0.05) is 11.3 Å². The summed E-state index contributed by atoms with van der Waals surface area (Å²) in [6, 6.07) is 8.58. The molecule has 0 spiro atoms. The Morgan fingerprint density at radius 1 is 1.21 bits per heavy atom. The molecule has 19 heavy (non-hydrogen) atoms. The van der Waals surface area contributed by atoms with Gasteiger partial charge in [0.25, 0.3) is 0 Å². The lowest BCUT2D eigenvalue weighted by Gasteiger charge is -2.19. The van der Waals surface area contributed by atoms with Crippen LogP contribution in [0.4, 0.5) is 0 Å². The van der Waals surface area contributed by atoms with Crippen LogP contribution >= 0.6 is 0 Å². The van der Waals surface area contributed by atoms with Gasteiger partial charge in [0.05, 0.1) is 6.61 Å². The smallest absolute Gasteiger partial charge is 0.0508 e. The fraction of sp³-hybridized carbons (Fsp3) is 0.556. The third-order valence-electron chi connectivity index (χ3n) is 4.74. The topological polar surface area (TPSA) is 20.2 Å². The summed E-state index contributed by atoms with van der Waals surface area (Å²) in [7, 11) is 0. The summed E-state index contributed by atoms with van der Waals surface area (Å²) in [4.78, 5) is 0. The summed E-state index contributed by atoms with van der Waals surface area (Å²) in [6.45, 7) is 8.88. The highest BCUT2D eigenvalue weighted by atomic mass is 16.3. The zero-order chi connectivity index (χ0) is 13.9. The van der Waals surface area contributed by atoms with Gasteiger partial charge >= 0.3 is 0 Å². The zero-order valence-electron chi connectivity index (χ0n) is 12.3. The number of unbranched alkanes of at least 4 members (excludes halogenated alkanes) is 3. The van der Waals surface area contributed by atoms with E-state index >= 15 is 0 Å². The monoisotopic (exact) mass is 258 g/mol. The minimum absolute atomic E-state index is 0.0633. The normalized spacial score (nSPS) is 25.6. The minimum atomic E-state index is 0.0633. The van der Waals surface area contributed by atoms with Gasteiger partial charge < -0.3 is 5.11 Å². The molecule has 0 bridgehead atoms. The second kappa shape index (κ2) is 5.92. The van der Waals surface area contributed by atoms with E-state index in [0.717, 1.165) is 6.42 Å². The number of aryl methyl sites for hydroxylation is 1. The molecule has 1 N–H and O–H groups in total. The Morgan fingerprint density at radius 3 is 2.53 bits per heavy atom. The first-order valence-corrected chi connectivity index (χ1v) is 7.54. The third-order valence-corrected chi connectivity index (χ3v) is 4.74. The predicted molar refractivity (Wildman–Crippen MR) is 81.3 cm³/mol. The van der Waals surface area contributed by atoms with Gasteiger partial charge in [-0.25, -0.2) is 0 Å². The largest absolute Gasteiger partial charge is 0.396 e. The van der Waals surface area contributed by atoms with Crippen LogP contribution in [-0.2, 0) is 5.41 Å². The van der Waals surface area contributed by atoms with Gasteiger partial charge in [-0.2, -0.15) is 0 Å². The molecule has 0 aromatic heterocycles. The molecule has 0 heterocycles. The minimum Gasteiger partial charge on any atom is -0.396 e. The van der Waals surface area contributed by atoms with Crippen molar-refractivity contribution in [2.24, 2.45) is 5.92 Å². The number of hydrogen-bond donors (Lipinski definition) is 1. The molecule has 0 saturated heterocycles. The lowest BCUT2D eigenvalue weighted by atomic mass is 9.84. The van der Waals surface area contributed by atoms with Crippen LogP contribution in [0.15, 0.2) is 36.4 Å². The maximum Gasteiger partial charge on any atom is 0.0508 e. The number of aliphatic hydroxyl groups excluding tert-OH is 1. The Balaban J connectivity index is 2.18. The van der Waals surface area contributed by atoms with Crippen molar-refractivity contribution in [2.45, 2.75) is 51.4 Å². The van der Waals surface area contributed by atoms with Crippen LogP contribution in [0.5, 0.6) is 0 Å². The van der Waals surface area contributed by atoms with E-state index in [1.54, 1.807) is 0 Å². The van der Waals surface area contributed by atoms with Gasteiger partial charge in [-0.3, -0.25) is 0 Å². The fourth-order valence-corrected chi connectivity index (χ4v) is 3.52. The molecule has 104 valence electrons. The maximum absolute atomic E-state index is 9.61. The molecule has 1 nitrogen and oxygen atoms in total. The lowest BCUT2D eigenvalue weighted by molar-refractivity contribution is 0.261. The van der Waals surface area contributed by atoms with Gasteiger partial charge in [0.1, 0.15) is 0 Å².